The molecular weight excluding hydrogens is 1420 g/mol. The van der Waals surface area contributed by atoms with Gasteiger partial charge in [0, 0.05) is 140 Å². The number of carboxylic acids is 1. The van der Waals surface area contributed by atoms with Crippen molar-refractivity contribution in [2.45, 2.75) is 145 Å². The lowest BCUT2D eigenvalue weighted by atomic mass is 9.47. The molecular formula is C73H102N8O23S2. The number of ether oxygens (including phenoxy) is 6. The molecule has 2 aromatic carbocycles. The van der Waals surface area contributed by atoms with Crippen molar-refractivity contribution in [1.82, 2.24) is 30.7 Å². The highest BCUT2D eigenvalue weighted by Crippen LogP contribution is 2.68. The van der Waals surface area contributed by atoms with Gasteiger partial charge in [0.25, 0.3) is 0 Å². The van der Waals surface area contributed by atoms with Crippen LogP contribution in [0.4, 0.5) is 10.5 Å². The lowest BCUT2D eigenvalue weighted by molar-refractivity contribution is -0.201. The van der Waals surface area contributed by atoms with Crippen molar-refractivity contribution in [3.63, 3.8) is 0 Å². The number of hydrogen-bond acceptors (Lipinski definition) is 28. The van der Waals surface area contributed by atoms with Crippen molar-refractivity contribution in [2.24, 2.45) is 28.9 Å². The second-order valence-corrected chi connectivity index (χ2v) is 30.5. The minimum atomic E-state index is -2.42. The molecule has 33 heteroatoms. The van der Waals surface area contributed by atoms with Gasteiger partial charge in [-0.3, -0.25) is 38.6 Å². The van der Waals surface area contributed by atoms with E-state index in [-0.39, 0.29) is 87.0 Å². The number of aromatic nitrogens is 1. The number of anilines is 1. The number of H-pyrrole nitrogens is 1. The zero-order valence-electron chi connectivity index (χ0n) is 61.4. The van der Waals surface area contributed by atoms with Crippen LogP contribution in [0.2, 0.25) is 0 Å². The van der Waals surface area contributed by atoms with Gasteiger partial charge in [-0.25, -0.2) is 4.79 Å². The van der Waals surface area contributed by atoms with Crippen LogP contribution in [-0.2, 0) is 98.5 Å². The zero-order chi connectivity index (χ0) is 78.2. The summed E-state index contributed by atoms with van der Waals surface area (Å²) in [6.45, 7) is 14.4. The summed E-state index contributed by atoms with van der Waals surface area (Å²) in [4.78, 5) is 152. The van der Waals surface area contributed by atoms with E-state index in [1.807, 2.05) is 43.2 Å². The number of ketones is 3. The Hall–Kier alpha value is -7.55. The van der Waals surface area contributed by atoms with E-state index >= 15 is 4.79 Å². The van der Waals surface area contributed by atoms with Crippen molar-refractivity contribution in [3.8, 4) is 5.75 Å². The molecule has 6 heterocycles. The van der Waals surface area contributed by atoms with Crippen LogP contribution < -0.4 is 31.3 Å². The second kappa shape index (κ2) is 40.6. The Morgan fingerprint density at radius 2 is 1.47 bits per heavy atom. The number of carbonyl (C=O) groups is 7. The molecule has 106 heavy (non-hydrogen) atoms. The SMILES string of the molecule is CC[C@]1(O)C[C@H]2CN(CCc3c([nH]c4ccccc34)[C@@](C)(c3cc4c(cc3OC)N(C)[C@H]3[C@@](O)(C(=O)CNC(=O)OCCSSCC(CC(=O)[C@H](C)NC(=O)[C@H](C)CC(=O)[C@@H](N)CNC(=O)CCOCCOCCOCCOC)C(=O)O)[C@H](O)[C@]5(CC)C=CCN6CC[C@]43[C@@H]65)C2)C1.O=C=O.O=C=O.O=C=O. The van der Waals surface area contributed by atoms with E-state index in [1.165, 1.54) is 30.2 Å². The molecule has 31 nitrogen and oxygen atoms in total. The number of alkyl carbamates (subject to hydrolysis) is 1. The monoisotopic (exact) mass is 1520 g/mol. The van der Waals surface area contributed by atoms with Crippen LogP contribution in [0.3, 0.4) is 0 Å². The fourth-order valence-corrected chi connectivity index (χ4v) is 18.7. The number of hydrogen-bond donors (Lipinski definition) is 9. The van der Waals surface area contributed by atoms with E-state index < -0.39 is 112 Å². The number of aliphatic hydroxyl groups is 3. The van der Waals surface area contributed by atoms with Gasteiger partial charge in [-0.1, -0.05) is 72.7 Å². The summed E-state index contributed by atoms with van der Waals surface area (Å²) in [6, 6.07) is 9.27. The number of piperidine rings is 1. The Morgan fingerprint density at radius 1 is 0.811 bits per heavy atom. The quantitative estimate of drug-likeness (QED) is 0.0229. The van der Waals surface area contributed by atoms with E-state index in [9.17, 15) is 49.2 Å². The maximum Gasteiger partial charge on any atom is 0.407 e. The number of carbonyl (C=O) groups excluding carboxylic acids is 12. The molecule has 584 valence electrons. The molecule has 2 saturated heterocycles. The molecule has 3 amide bonds. The molecule has 2 unspecified atom stereocenters. The Morgan fingerprint density at radius 3 is 2.11 bits per heavy atom. The average molecular weight is 1520 g/mol. The second-order valence-electron chi connectivity index (χ2n) is 27.8. The molecule has 3 fully saturated rings. The lowest BCUT2D eigenvalue weighted by Gasteiger charge is -2.63. The van der Waals surface area contributed by atoms with Crippen molar-refractivity contribution in [2.75, 3.05) is 136 Å². The summed E-state index contributed by atoms with van der Waals surface area (Å²) >= 11 is 0. The fraction of sp³-hybridized carbons (Fsp3) is 0.644. The first-order valence-electron chi connectivity index (χ1n) is 35.4. The van der Waals surface area contributed by atoms with Gasteiger partial charge in [-0.05, 0) is 88.1 Å². The number of aromatic amines is 1. The highest BCUT2D eigenvalue weighted by Gasteiger charge is 2.78. The first-order valence-corrected chi connectivity index (χ1v) is 37.9. The number of benzene rings is 2. The molecule has 1 spiro atoms. The van der Waals surface area contributed by atoms with Gasteiger partial charge in [0.2, 0.25) is 11.8 Å². The fourth-order valence-electron chi connectivity index (χ4n) is 16.6. The number of fused-ring (bicyclic) bond motifs is 6. The molecule has 6 aliphatic rings. The predicted octanol–water partition coefficient (Wildman–Crippen LogP) is 2.31. The number of aliphatic carboxylic acids is 1. The summed E-state index contributed by atoms with van der Waals surface area (Å²) in [6.07, 6.45) is 5.35. The highest BCUT2D eigenvalue weighted by molar-refractivity contribution is 8.76. The molecule has 1 aliphatic carbocycles. The van der Waals surface area contributed by atoms with Crippen LogP contribution in [0, 0.1) is 23.2 Å². The number of methoxy groups -OCH3 is 2. The van der Waals surface area contributed by atoms with Crippen molar-refractivity contribution >= 4 is 97.9 Å². The van der Waals surface area contributed by atoms with E-state index in [2.05, 4.69) is 68.8 Å². The van der Waals surface area contributed by atoms with E-state index in [0.717, 1.165) is 63.7 Å². The van der Waals surface area contributed by atoms with E-state index in [4.69, 9.17) is 62.9 Å². The summed E-state index contributed by atoms with van der Waals surface area (Å²) in [7, 11) is 7.49. The van der Waals surface area contributed by atoms with Gasteiger partial charge >= 0.3 is 30.5 Å². The van der Waals surface area contributed by atoms with Crippen LogP contribution >= 0.6 is 21.6 Å². The normalized spacial score (nSPS) is 26.2. The van der Waals surface area contributed by atoms with Crippen LogP contribution in [0.1, 0.15) is 108 Å². The van der Waals surface area contributed by atoms with Crippen LogP contribution in [-0.4, -0.2) is 268 Å². The molecule has 2 bridgehead atoms. The number of rotatable bonds is 36. The number of carboxylic acid groups (broad SMARTS) is 1. The van der Waals surface area contributed by atoms with Crippen LogP contribution in [0.5, 0.6) is 5.75 Å². The number of likely N-dealkylation sites (N-methyl/N-ethyl adjacent to an activating group) is 1. The standard InChI is InChI=1S/C70H102N8O17S2.3CO2/c1-9-67(88)37-45-36-66(5,59-48(16-21-77(40-45)42-67)47-14-11-12-15-52(47)75-59)50-34-49-53(35-56(50)91-8)76(6)63-69(49)19-22-78-20-13-18-68(10-2,62(69)78)64(86)70(63,89)57(81)39-73-65(87)95-30-31-96-97-41-46(61(84)85)33-54(79)44(4)74-60(83)43(3)32-55(80)51(71)38-72-58(82)17-23-92-26-27-94-29-28-93-25-24-90-7;3*2-1-3/h11-15,18,34-35,43-46,51,62-64,75,86,88-89H,9-10,16-17,19-33,36-42,71H2,1-8H3,(H,72,82)(H,73,87)(H,74,83)(H,84,85);;;/t43-,44+,45+,46?,51+,62+,63-,64-,66-,67+,68-,69-,70+;;;/m1.../s1. The third kappa shape index (κ3) is 20.2. The molecule has 1 aromatic heterocycles. The number of amides is 3. The first-order chi connectivity index (χ1) is 50.6. The molecule has 14 atom stereocenters. The van der Waals surface area contributed by atoms with Crippen LogP contribution in [0.25, 0.3) is 10.9 Å². The minimum Gasteiger partial charge on any atom is -0.496 e. The number of para-hydroxylation sites is 1. The smallest absolute Gasteiger partial charge is 0.407 e. The molecule has 9 rings (SSSR count). The summed E-state index contributed by atoms with van der Waals surface area (Å²) in [5.41, 5.74) is 6.15. The molecule has 10 N–H and O–H groups in total. The third-order valence-electron chi connectivity index (χ3n) is 21.4. The van der Waals surface area contributed by atoms with Gasteiger partial charge in [-0.2, -0.15) is 28.8 Å². The van der Waals surface area contributed by atoms with Crippen molar-refractivity contribution in [3.05, 3.63) is 70.9 Å². The molecule has 1 saturated carbocycles. The Bertz CT molecular complexity index is 3630. The highest BCUT2D eigenvalue weighted by atomic mass is 33.1. The minimum absolute atomic E-state index is 0.00211. The van der Waals surface area contributed by atoms with Gasteiger partial charge < -0.3 is 80.4 Å². The number of nitrogens with zero attached hydrogens (tertiary/aromatic N) is 3. The third-order valence-corrected chi connectivity index (χ3v) is 23.9. The molecule has 0 radical (unpaired) electrons. The first kappa shape index (κ1) is 87.4. The Balaban J connectivity index is 0.00000186. The lowest BCUT2D eigenvalue weighted by Crippen LogP contribution is -2.81. The van der Waals surface area contributed by atoms with Crippen molar-refractivity contribution in [1.29, 1.82) is 0 Å². The molecule has 5 aliphatic heterocycles. The van der Waals surface area contributed by atoms with Gasteiger partial charge in [0.05, 0.1) is 89.5 Å². The number of nitrogens with two attached hydrogens (primary N) is 1. The van der Waals surface area contributed by atoms with E-state index in [0.29, 0.717) is 90.5 Å². The van der Waals surface area contributed by atoms with Gasteiger partial charge in [0.1, 0.15) is 18.5 Å². The largest absolute Gasteiger partial charge is 0.496 e. The topological polar surface area (TPSA) is 446 Å². The number of Topliss-reactive ketones (excluding diaryl/α,β-unsaturated/α-hetero) is 3. The van der Waals surface area contributed by atoms with Crippen molar-refractivity contribution < 1.29 is 111 Å². The number of aliphatic hydroxyl groups excluding tert-OH is 1. The predicted molar refractivity (Wildman–Crippen MR) is 384 cm³/mol. The number of nitrogens with one attached hydrogen (secondary N) is 4. The van der Waals surface area contributed by atoms with Gasteiger partial charge in [-0.15, -0.1) is 0 Å². The molecule has 3 aromatic rings. The van der Waals surface area contributed by atoms with Crippen LogP contribution in [0.15, 0.2) is 48.6 Å². The Labute approximate surface area is 623 Å². The summed E-state index contributed by atoms with van der Waals surface area (Å²) in [5.74, 6) is -5.04. The average Bonchev–Trinajstić information content (AvgIpc) is 1.46. The maximum atomic E-state index is 15.2. The van der Waals surface area contributed by atoms with Gasteiger partial charge in [0.15, 0.2) is 23.0 Å². The maximum absolute atomic E-state index is 15.2. The van der Waals surface area contributed by atoms with E-state index in [1.54, 1.807) is 14.2 Å². The Kier molecular flexibility index (Phi) is 33.5. The summed E-state index contributed by atoms with van der Waals surface area (Å²) in [5, 5.41) is 57.6. The summed E-state index contributed by atoms with van der Waals surface area (Å²) < 4.78 is 33.0. The zero-order valence-corrected chi connectivity index (χ0v) is 63.0.